The molecule has 4 nitrogen and oxygen atoms in total. The highest BCUT2D eigenvalue weighted by atomic mass is 32.2. The fourth-order valence-electron chi connectivity index (χ4n) is 3.72. The molecule has 3 atom stereocenters. The fourth-order valence-corrected chi connectivity index (χ4v) is 5.45. The van der Waals surface area contributed by atoms with Crippen molar-refractivity contribution in [3.63, 3.8) is 0 Å². The lowest BCUT2D eigenvalue weighted by Crippen LogP contribution is -2.42. The van der Waals surface area contributed by atoms with Crippen LogP contribution in [-0.4, -0.2) is 43.3 Å². The van der Waals surface area contributed by atoms with Gasteiger partial charge < -0.3 is 4.90 Å². The zero-order valence-electron chi connectivity index (χ0n) is 13.8. The topological polar surface area (TPSA) is 54.5 Å². The van der Waals surface area contributed by atoms with E-state index < -0.39 is 33.4 Å². The van der Waals surface area contributed by atoms with Crippen molar-refractivity contribution in [2.45, 2.75) is 37.9 Å². The number of rotatable bonds is 4. The summed E-state index contributed by atoms with van der Waals surface area (Å²) in [6.45, 7) is 2.13. The van der Waals surface area contributed by atoms with Crippen LogP contribution >= 0.6 is 0 Å². The molecule has 1 aliphatic carbocycles. The highest BCUT2D eigenvalue weighted by Gasteiger charge is 2.50. The van der Waals surface area contributed by atoms with E-state index in [1.54, 1.807) is 13.0 Å². The second-order valence-electron chi connectivity index (χ2n) is 6.71. The van der Waals surface area contributed by atoms with Crippen LogP contribution in [0.5, 0.6) is 0 Å². The van der Waals surface area contributed by atoms with E-state index in [1.807, 2.05) is 0 Å². The third-order valence-corrected chi connectivity index (χ3v) is 6.80. The Bertz CT molecular complexity index is 776. The zero-order chi connectivity index (χ0) is 18.4. The van der Waals surface area contributed by atoms with Gasteiger partial charge in [0.2, 0.25) is 5.91 Å². The predicted molar refractivity (Wildman–Crippen MR) is 86.7 cm³/mol. The molecule has 0 N–H and O–H groups in total. The summed E-state index contributed by atoms with van der Waals surface area (Å²) in [5.41, 5.74) is -0.537. The Kier molecular flexibility index (Phi) is 4.59. The number of nitrogens with zero attached hydrogens (tertiary/aromatic N) is 1. The molecule has 8 heteroatoms. The predicted octanol–water partition coefficient (Wildman–Crippen LogP) is 2.84. The number of hydrogen-bond acceptors (Lipinski definition) is 3. The Hall–Kier alpha value is -1.57. The van der Waals surface area contributed by atoms with E-state index in [1.165, 1.54) is 17.0 Å². The Labute approximate surface area is 144 Å². The van der Waals surface area contributed by atoms with Gasteiger partial charge in [-0.25, -0.2) is 8.42 Å². The van der Waals surface area contributed by atoms with E-state index in [-0.39, 0.29) is 29.0 Å². The van der Waals surface area contributed by atoms with Crippen molar-refractivity contribution in [1.29, 1.82) is 0 Å². The average molecular weight is 375 g/mol. The van der Waals surface area contributed by atoms with Crippen LogP contribution in [0.2, 0.25) is 0 Å². The molecule has 2 aliphatic rings. The third kappa shape index (κ3) is 3.68. The smallest absolute Gasteiger partial charge is 0.339 e. The maximum atomic E-state index is 13.2. The van der Waals surface area contributed by atoms with Crippen molar-refractivity contribution in [2.75, 3.05) is 18.1 Å². The molecule has 1 saturated heterocycles. The number of sulfone groups is 1. The number of benzene rings is 1. The molecule has 1 aromatic rings. The van der Waals surface area contributed by atoms with Gasteiger partial charge in [-0.1, -0.05) is 18.2 Å². The minimum Gasteiger partial charge on any atom is -0.339 e. The molecule has 1 heterocycles. The van der Waals surface area contributed by atoms with Crippen molar-refractivity contribution in [3.8, 4) is 0 Å². The Morgan fingerprint density at radius 3 is 2.52 bits per heavy atom. The van der Waals surface area contributed by atoms with Gasteiger partial charge in [0.1, 0.15) is 0 Å². The Morgan fingerprint density at radius 1 is 1.28 bits per heavy atom. The summed E-state index contributed by atoms with van der Waals surface area (Å²) < 4.78 is 62.8. The quantitative estimate of drug-likeness (QED) is 0.813. The largest absolute Gasteiger partial charge is 0.416 e. The van der Waals surface area contributed by atoms with E-state index in [0.29, 0.717) is 19.4 Å². The standard InChI is InChI=1S/C17H20F3NO3S/c1-2-21(11-7-8-25(23,24)10-11)16(22)14-9-13(14)12-5-3-4-6-15(12)17(18,19)20/h3-6,11,13-14H,2,7-10H2,1H3. The van der Waals surface area contributed by atoms with E-state index in [2.05, 4.69) is 0 Å². The molecular weight excluding hydrogens is 355 g/mol. The van der Waals surface area contributed by atoms with Crippen molar-refractivity contribution in [1.82, 2.24) is 4.90 Å². The summed E-state index contributed by atoms with van der Waals surface area (Å²) in [7, 11) is -3.12. The molecule has 0 aromatic heterocycles. The summed E-state index contributed by atoms with van der Waals surface area (Å²) >= 11 is 0. The van der Waals surface area contributed by atoms with Crippen LogP contribution in [-0.2, 0) is 20.8 Å². The highest BCUT2D eigenvalue weighted by molar-refractivity contribution is 7.91. The fraction of sp³-hybridized carbons (Fsp3) is 0.588. The van der Waals surface area contributed by atoms with E-state index >= 15 is 0 Å². The van der Waals surface area contributed by atoms with Gasteiger partial charge in [-0.2, -0.15) is 13.2 Å². The molecule has 0 spiro atoms. The van der Waals surface area contributed by atoms with E-state index in [9.17, 15) is 26.4 Å². The van der Waals surface area contributed by atoms with Crippen LogP contribution in [0.15, 0.2) is 24.3 Å². The lowest BCUT2D eigenvalue weighted by Gasteiger charge is -2.27. The first-order valence-corrected chi connectivity index (χ1v) is 10.1. The first kappa shape index (κ1) is 18.2. The normalized spacial score (nSPS) is 27.9. The summed E-state index contributed by atoms with van der Waals surface area (Å²) in [5, 5.41) is 0. The summed E-state index contributed by atoms with van der Waals surface area (Å²) in [6.07, 6.45) is -3.67. The van der Waals surface area contributed by atoms with Gasteiger partial charge in [-0.3, -0.25) is 4.79 Å². The Morgan fingerprint density at radius 2 is 1.96 bits per heavy atom. The van der Waals surface area contributed by atoms with Gasteiger partial charge in [0.25, 0.3) is 0 Å². The van der Waals surface area contributed by atoms with Gasteiger partial charge in [0, 0.05) is 18.5 Å². The lowest BCUT2D eigenvalue weighted by molar-refractivity contribution is -0.139. The van der Waals surface area contributed by atoms with Gasteiger partial charge in [-0.15, -0.1) is 0 Å². The maximum Gasteiger partial charge on any atom is 0.416 e. The van der Waals surface area contributed by atoms with Crippen molar-refractivity contribution < 1.29 is 26.4 Å². The minimum absolute atomic E-state index is 0.0525. The third-order valence-electron chi connectivity index (χ3n) is 5.05. The molecule has 1 amide bonds. The van der Waals surface area contributed by atoms with Gasteiger partial charge >= 0.3 is 6.18 Å². The average Bonchev–Trinajstić information content (AvgIpc) is 3.25. The number of carbonyl (C=O) groups excluding carboxylic acids is 1. The molecule has 0 bridgehead atoms. The molecule has 1 aromatic carbocycles. The van der Waals surface area contributed by atoms with E-state index in [0.717, 1.165) is 6.07 Å². The van der Waals surface area contributed by atoms with Crippen molar-refractivity contribution in [3.05, 3.63) is 35.4 Å². The van der Waals surface area contributed by atoms with Crippen LogP contribution in [0.1, 0.15) is 36.8 Å². The van der Waals surface area contributed by atoms with Crippen LogP contribution in [0.3, 0.4) is 0 Å². The zero-order valence-corrected chi connectivity index (χ0v) is 14.6. The van der Waals surface area contributed by atoms with E-state index in [4.69, 9.17) is 0 Å². The number of carbonyl (C=O) groups is 1. The first-order valence-electron chi connectivity index (χ1n) is 8.31. The van der Waals surface area contributed by atoms with Crippen LogP contribution in [0, 0.1) is 5.92 Å². The molecule has 1 aliphatic heterocycles. The summed E-state index contributed by atoms with van der Waals surface area (Å²) in [5.74, 6) is -1.16. The van der Waals surface area contributed by atoms with Crippen LogP contribution in [0.25, 0.3) is 0 Å². The minimum atomic E-state index is -4.45. The molecule has 25 heavy (non-hydrogen) atoms. The molecule has 1 saturated carbocycles. The molecule has 3 unspecified atom stereocenters. The SMILES string of the molecule is CCN(C(=O)C1CC1c1ccccc1C(F)(F)F)C1CCS(=O)(=O)C1. The maximum absolute atomic E-state index is 13.2. The van der Waals surface area contributed by atoms with Gasteiger partial charge in [0.05, 0.1) is 17.1 Å². The first-order chi connectivity index (χ1) is 11.6. The number of amides is 1. The Balaban J connectivity index is 1.76. The monoisotopic (exact) mass is 375 g/mol. The van der Waals surface area contributed by atoms with Crippen LogP contribution < -0.4 is 0 Å². The van der Waals surface area contributed by atoms with Gasteiger partial charge in [0.15, 0.2) is 9.84 Å². The second-order valence-corrected chi connectivity index (χ2v) is 8.94. The van der Waals surface area contributed by atoms with Gasteiger partial charge in [-0.05, 0) is 37.3 Å². The molecule has 138 valence electrons. The highest BCUT2D eigenvalue weighted by Crippen LogP contribution is 2.52. The molecule has 3 rings (SSSR count). The van der Waals surface area contributed by atoms with Crippen molar-refractivity contribution in [2.24, 2.45) is 5.92 Å². The van der Waals surface area contributed by atoms with Crippen LogP contribution in [0.4, 0.5) is 13.2 Å². The number of alkyl halides is 3. The molecule has 2 fully saturated rings. The number of hydrogen-bond donors (Lipinski definition) is 0. The summed E-state index contributed by atoms with van der Waals surface area (Å²) in [4.78, 5) is 14.3. The summed E-state index contributed by atoms with van der Waals surface area (Å²) in [6, 6.07) is 4.99. The molecule has 0 radical (unpaired) electrons. The second kappa shape index (κ2) is 6.30. The number of halogens is 3. The van der Waals surface area contributed by atoms with Crippen molar-refractivity contribution >= 4 is 15.7 Å². The lowest BCUT2D eigenvalue weighted by atomic mass is 10.0. The molecular formula is C17H20F3NO3S.